The number of hydrogen-bond donors (Lipinski definition) is 3. The molecule has 1 saturated heterocycles. The van der Waals surface area contributed by atoms with Crippen molar-refractivity contribution >= 4 is 17.8 Å². The Morgan fingerprint density at radius 2 is 2.04 bits per heavy atom. The van der Waals surface area contributed by atoms with E-state index in [1.165, 1.54) is 12.3 Å². The van der Waals surface area contributed by atoms with Crippen molar-refractivity contribution in [3.8, 4) is 0 Å². The maximum absolute atomic E-state index is 12.2. The molecule has 0 radical (unpaired) electrons. The van der Waals surface area contributed by atoms with Crippen molar-refractivity contribution in [1.29, 1.82) is 0 Å². The van der Waals surface area contributed by atoms with Crippen molar-refractivity contribution in [3.05, 3.63) is 23.5 Å². The van der Waals surface area contributed by atoms with Crippen molar-refractivity contribution in [1.82, 2.24) is 15.2 Å². The van der Waals surface area contributed by atoms with Gasteiger partial charge in [-0.15, -0.1) is 0 Å². The van der Waals surface area contributed by atoms with Crippen LogP contribution in [-0.2, 0) is 4.79 Å². The number of H-pyrrole nitrogens is 1. The highest BCUT2D eigenvalue weighted by Crippen LogP contribution is 2.13. The Morgan fingerprint density at radius 3 is 2.65 bits per heavy atom. The number of carbonyl (C=O) groups excluding carboxylic acids is 2. The first kappa shape index (κ1) is 17.1. The number of amides is 2. The Hall–Kier alpha value is -2.31. The van der Waals surface area contributed by atoms with Gasteiger partial charge in [-0.3, -0.25) is 9.59 Å². The van der Waals surface area contributed by atoms with Crippen LogP contribution in [0, 0.1) is 0 Å². The number of carbonyl (C=O) groups is 3. The maximum Gasteiger partial charge on any atom is 0.326 e. The lowest BCUT2D eigenvalue weighted by Crippen LogP contribution is -2.40. The van der Waals surface area contributed by atoms with E-state index in [0.717, 1.165) is 38.8 Å². The number of rotatable bonds is 7. The Bertz CT molecular complexity index is 576. The number of likely N-dealkylation sites (tertiary alicyclic amines) is 1. The number of hydrogen-bond acceptors (Lipinski definition) is 3. The van der Waals surface area contributed by atoms with Crippen molar-refractivity contribution < 1.29 is 19.5 Å². The zero-order chi connectivity index (χ0) is 16.8. The van der Waals surface area contributed by atoms with Crippen LogP contribution < -0.4 is 5.32 Å². The lowest BCUT2D eigenvalue weighted by atomic mass is 10.1. The van der Waals surface area contributed by atoms with Crippen molar-refractivity contribution in [2.75, 3.05) is 13.1 Å². The number of carboxylic acids is 1. The van der Waals surface area contributed by atoms with Gasteiger partial charge in [0, 0.05) is 19.3 Å². The van der Waals surface area contributed by atoms with Gasteiger partial charge in [0.25, 0.3) is 11.8 Å². The predicted octanol–water partition coefficient (Wildman–Crippen LogP) is 1.62. The molecule has 0 bridgehead atoms. The minimum absolute atomic E-state index is 0.123. The van der Waals surface area contributed by atoms with E-state index in [1.54, 1.807) is 4.90 Å². The molecule has 1 aromatic rings. The summed E-state index contributed by atoms with van der Waals surface area (Å²) < 4.78 is 0. The van der Waals surface area contributed by atoms with Gasteiger partial charge in [-0.2, -0.15) is 0 Å². The van der Waals surface area contributed by atoms with Gasteiger partial charge in [-0.25, -0.2) is 4.79 Å². The molecule has 7 nitrogen and oxygen atoms in total. The maximum atomic E-state index is 12.2. The summed E-state index contributed by atoms with van der Waals surface area (Å²) in [5.74, 6) is -1.65. The summed E-state index contributed by atoms with van der Waals surface area (Å²) in [5, 5.41) is 11.7. The van der Waals surface area contributed by atoms with Crippen molar-refractivity contribution in [3.63, 3.8) is 0 Å². The van der Waals surface area contributed by atoms with Crippen LogP contribution in [0.15, 0.2) is 12.3 Å². The summed E-state index contributed by atoms with van der Waals surface area (Å²) in [5.41, 5.74) is 0.632. The van der Waals surface area contributed by atoms with Crippen LogP contribution in [0.3, 0.4) is 0 Å². The normalized spacial score (nSPS) is 15.4. The van der Waals surface area contributed by atoms with E-state index in [1.807, 2.05) is 6.92 Å². The van der Waals surface area contributed by atoms with E-state index < -0.39 is 17.9 Å². The van der Waals surface area contributed by atoms with Crippen LogP contribution in [0.25, 0.3) is 0 Å². The van der Waals surface area contributed by atoms with Gasteiger partial charge >= 0.3 is 5.97 Å². The average Bonchev–Trinajstić information content (AvgIpc) is 3.21. The molecule has 0 spiro atoms. The standard InChI is InChI=1S/C16H23N3O4/c1-2-3-6-12(16(22)23)18-14(20)11-9-13(17-10-11)15(21)19-7-4-5-8-19/h9-10,12,17H,2-8H2,1H3,(H,18,20)(H,22,23). The number of nitrogens with one attached hydrogen (secondary N) is 2. The summed E-state index contributed by atoms with van der Waals surface area (Å²) in [7, 11) is 0. The number of aromatic nitrogens is 1. The van der Waals surface area contributed by atoms with Crippen LogP contribution in [0.2, 0.25) is 0 Å². The van der Waals surface area contributed by atoms with E-state index in [4.69, 9.17) is 5.11 Å². The fraction of sp³-hybridized carbons (Fsp3) is 0.562. The molecule has 1 aliphatic rings. The van der Waals surface area contributed by atoms with E-state index in [2.05, 4.69) is 10.3 Å². The summed E-state index contributed by atoms with van der Waals surface area (Å²) >= 11 is 0. The van der Waals surface area contributed by atoms with Gasteiger partial charge in [0.2, 0.25) is 0 Å². The number of nitrogens with zero attached hydrogens (tertiary/aromatic N) is 1. The highest BCUT2D eigenvalue weighted by molar-refractivity contribution is 6.00. The van der Waals surface area contributed by atoms with Crippen molar-refractivity contribution in [2.24, 2.45) is 0 Å². The van der Waals surface area contributed by atoms with Gasteiger partial charge in [-0.05, 0) is 25.3 Å². The van der Waals surface area contributed by atoms with Gasteiger partial charge in [0.1, 0.15) is 11.7 Å². The lowest BCUT2D eigenvalue weighted by Gasteiger charge is -2.14. The monoisotopic (exact) mass is 321 g/mol. The summed E-state index contributed by atoms with van der Waals surface area (Å²) in [4.78, 5) is 40.1. The molecule has 7 heteroatoms. The molecule has 3 N–H and O–H groups in total. The summed E-state index contributed by atoms with van der Waals surface area (Å²) in [6.07, 6.45) is 5.41. The molecule has 2 amide bonds. The molecular formula is C16H23N3O4. The van der Waals surface area contributed by atoms with Gasteiger partial charge < -0.3 is 20.3 Å². The van der Waals surface area contributed by atoms with Crippen LogP contribution in [0.4, 0.5) is 0 Å². The third kappa shape index (κ3) is 4.34. The second-order valence-corrected chi connectivity index (χ2v) is 5.81. The highest BCUT2D eigenvalue weighted by Gasteiger charge is 2.24. The third-order valence-electron chi connectivity index (χ3n) is 4.02. The molecule has 2 rings (SSSR count). The fourth-order valence-corrected chi connectivity index (χ4v) is 2.65. The molecule has 1 atom stereocenters. The van der Waals surface area contributed by atoms with E-state index in [0.29, 0.717) is 12.1 Å². The average molecular weight is 321 g/mol. The Morgan fingerprint density at radius 1 is 1.35 bits per heavy atom. The third-order valence-corrected chi connectivity index (χ3v) is 4.02. The zero-order valence-electron chi connectivity index (χ0n) is 13.3. The molecule has 0 saturated carbocycles. The van der Waals surface area contributed by atoms with Gasteiger partial charge in [-0.1, -0.05) is 19.8 Å². The second kappa shape index (κ2) is 7.80. The Balaban J connectivity index is 1.99. The fourth-order valence-electron chi connectivity index (χ4n) is 2.65. The van der Waals surface area contributed by atoms with Crippen LogP contribution in [0.5, 0.6) is 0 Å². The molecule has 126 valence electrons. The second-order valence-electron chi connectivity index (χ2n) is 5.81. The van der Waals surface area contributed by atoms with E-state index >= 15 is 0 Å². The zero-order valence-corrected chi connectivity index (χ0v) is 13.3. The molecule has 0 aliphatic carbocycles. The van der Waals surface area contributed by atoms with Crippen LogP contribution in [-0.4, -0.2) is 51.9 Å². The van der Waals surface area contributed by atoms with Crippen molar-refractivity contribution in [2.45, 2.75) is 45.1 Å². The molecule has 1 aliphatic heterocycles. The van der Waals surface area contributed by atoms with Crippen LogP contribution >= 0.6 is 0 Å². The highest BCUT2D eigenvalue weighted by atomic mass is 16.4. The topological polar surface area (TPSA) is 103 Å². The first-order valence-corrected chi connectivity index (χ1v) is 8.04. The van der Waals surface area contributed by atoms with E-state index in [-0.39, 0.29) is 11.5 Å². The number of unbranched alkanes of at least 4 members (excludes halogenated alkanes) is 1. The van der Waals surface area contributed by atoms with E-state index in [9.17, 15) is 14.4 Å². The quantitative estimate of drug-likeness (QED) is 0.710. The molecular weight excluding hydrogens is 298 g/mol. The minimum Gasteiger partial charge on any atom is -0.480 e. The van der Waals surface area contributed by atoms with Crippen LogP contribution in [0.1, 0.15) is 59.9 Å². The summed E-state index contributed by atoms with van der Waals surface area (Å²) in [6, 6.07) is 0.574. The number of carboxylic acid groups (broad SMARTS) is 1. The Labute approximate surface area is 135 Å². The number of aliphatic carboxylic acids is 1. The summed E-state index contributed by atoms with van der Waals surface area (Å²) in [6.45, 7) is 3.43. The molecule has 2 heterocycles. The molecule has 1 fully saturated rings. The molecule has 1 unspecified atom stereocenters. The number of aromatic amines is 1. The smallest absolute Gasteiger partial charge is 0.326 e. The molecule has 1 aromatic heterocycles. The van der Waals surface area contributed by atoms with Gasteiger partial charge in [0.05, 0.1) is 5.56 Å². The predicted molar refractivity (Wildman–Crippen MR) is 84.3 cm³/mol. The lowest BCUT2D eigenvalue weighted by molar-refractivity contribution is -0.139. The SMILES string of the molecule is CCCCC(NC(=O)c1c[nH]c(C(=O)N2CCCC2)c1)C(=O)O. The largest absolute Gasteiger partial charge is 0.480 e. The molecule has 23 heavy (non-hydrogen) atoms. The first-order chi connectivity index (χ1) is 11.0. The van der Waals surface area contributed by atoms with Gasteiger partial charge in [0.15, 0.2) is 0 Å². The molecule has 0 aromatic carbocycles. The minimum atomic E-state index is -1.05. The Kier molecular flexibility index (Phi) is 5.78. The first-order valence-electron chi connectivity index (χ1n) is 8.04.